The lowest BCUT2D eigenvalue weighted by molar-refractivity contribution is -0.118. The first-order valence-corrected chi connectivity index (χ1v) is 17.0. The summed E-state index contributed by atoms with van der Waals surface area (Å²) in [6.45, 7) is 21.1. The van der Waals surface area contributed by atoms with Gasteiger partial charge in [-0.1, -0.05) is 150 Å². The zero-order valence-electron chi connectivity index (χ0n) is 28.3. The van der Waals surface area contributed by atoms with Crippen LogP contribution in [0.4, 0.5) is 0 Å². The topological polar surface area (TPSA) is 87.3 Å². The van der Waals surface area contributed by atoms with Gasteiger partial charge in [-0.05, 0) is 38.3 Å². The second-order valence-electron chi connectivity index (χ2n) is 11.0. The van der Waals surface area contributed by atoms with E-state index in [4.69, 9.17) is 0 Å². The van der Waals surface area contributed by atoms with Gasteiger partial charge in [0.25, 0.3) is 0 Å². The van der Waals surface area contributed by atoms with Crippen LogP contribution >= 0.6 is 0 Å². The van der Waals surface area contributed by atoms with Gasteiger partial charge in [-0.3, -0.25) is 14.4 Å². The summed E-state index contributed by atoms with van der Waals surface area (Å²) in [6.07, 6.45) is 28.1. The molecule has 0 aliphatic carbocycles. The highest BCUT2D eigenvalue weighted by Crippen LogP contribution is 2.08. The van der Waals surface area contributed by atoms with Crippen molar-refractivity contribution in [1.82, 2.24) is 16.0 Å². The van der Waals surface area contributed by atoms with Crippen LogP contribution in [0.1, 0.15) is 156 Å². The fraction of sp³-hybridized carbons (Fsp3) is 0.750. The Labute approximate surface area is 261 Å². The highest BCUT2D eigenvalue weighted by Gasteiger charge is 1.99. The zero-order chi connectivity index (χ0) is 32.1. The van der Waals surface area contributed by atoms with Crippen molar-refractivity contribution in [3.05, 3.63) is 37.5 Å². The number of carbonyl (C=O) groups is 3. The van der Waals surface area contributed by atoms with Crippen LogP contribution in [0.5, 0.6) is 0 Å². The fourth-order valence-corrected chi connectivity index (χ4v) is 3.99. The van der Waals surface area contributed by atoms with E-state index in [0.717, 1.165) is 38.9 Å². The maximum Gasteiger partial charge on any atom is 0.246 e. The van der Waals surface area contributed by atoms with Crippen LogP contribution in [0, 0.1) is 0 Å². The van der Waals surface area contributed by atoms with Gasteiger partial charge in [0.2, 0.25) is 17.7 Å². The fourth-order valence-electron chi connectivity index (χ4n) is 3.99. The first kappa shape index (κ1) is 44.1. The molecule has 0 saturated heterocycles. The van der Waals surface area contributed by atoms with Crippen molar-refractivity contribution in [3.8, 4) is 0 Å². The second kappa shape index (κ2) is 38.6. The Morgan fingerprint density at radius 2 is 0.738 bits per heavy atom. The van der Waals surface area contributed by atoms with Crippen LogP contribution < -0.4 is 16.0 Å². The molecular weight excluding hydrogens is 522 g/mol. The van der Waals surface area contributed by atoms with Crippen molar-refractivity contribution in [3.63, 3.8) is 0 Å². The average molecular weight is 592 g/mol. The zero-order valence-corrected chi connectivity index (χ0v) is 28.3. The summed E-state index contributed by atoms with van der Waals surface area (Å²) < 4.78 is 0. The van der Waals surface area contributed by atoms with Crippen LogP contribution in [-0.2, 0) is 14.4 Å². The Hall–Kier alpha value is -2.37. The van der Waals surface area contributed by atoms with Crippen molar-refractivity contribution in [1.29, 1.82) is 0 Å². The molecule has 0 atom stereocenters. The molecule has 0 radical (unpaired) electrons. The van der Waals surface area contributed by atoms with E-state index in [9.17, 15) is 14.4 Å². The van der Waals surface area contributed by atoms with Gasteiger partial charge in [-0.25, -0.2) is 0 Å². The number of unbranched alkanes of at least 4 members (excludes halogenated alkanes) is 17. The number of nitrogens with one attached hydrogen (secondary N) is 3. The molecule has 0 aromatic heterocycles. The maximum atomic E-state index is 11.1. The van der Waals surface area contributed by atoms with Crippen molar-refractivity contribution in [2.75, 3.05) is 19.6 Å². The van der Waals surface area contributed by atoms with Gasteiger partial charge in [0.05, 0.1) is 0 Å². The van der Waals surface area contributed by atoms with Crippen LogP contribution in [0.25, 0.3) is 0 Å². The molecule has 6 heteroatoms. The number of rotatable bonds is 26. The number of hydrogen-bond acceptors (Lipinski definition) is 3. The predicted molar refractivity (Wildman–Crippen MR) is 184 cm³/mol. The number of amides is 3. The highest BCUT2D eigenvalue weighted by atomic mass is 16.2. The number of carbonyl (C=O) groups excluding carboxylic acids is 3. The van der Waals surface area contributed by atoms with Crippen molar-refractivity contribution in [2.24, 2.45) is 0 Å². The van der Waals surface area contributed by atoms with Gasteiger partial charge >= 0.3 is 0 Å². The van der Waals surface area contributed by atoms with E-state index in [1.807, 2.05) is 0 Å². The summed E-state index contributed by atoms with van der Waals surface area (Å²) in [7, 11) is 0. The number of hydrogen-bond donors (Lipinski definition) is 3. The molecule has 6 nitrogen and oxygen atoms in total. The lowest BCUT2D eigenvalue weighted by Crippen LogP contribution is -2.24. The lowest BCUT2D eigenvalue weighted by atomic mass is 10.1. The summed E-state index contributed by atoms with van der Waals surface area (Å²) >= 11 is 0. The molecule has 0 heterocycles. The third kappa shape index (κ3) is 42.1. The molecule has 0 aromatic rings. The molecule has 42 heavy (non-hydrogen) atoms. The Bertz CT molecular complexity index is 661. The van der Waals surface area contributed by atoms with Crippen LogP contribution in [0.2, 0.25) is 0 Å². The van der Waals surface area contributed by atoms with Gasteiger partial charge in [0.15, 0.2) is 0 Å². The Morgan fingerprint density at radius 3 is 1.00 bits per heavy atom. The summed E-state index contributed by atoms with van der Waals surface area (Å²) in [6, 6.07) is 0. The molecule has 3 amide bonds. The first-order valence-electron chi connectivity index (χ1n) is 17.0. The van der Waals surface area contributed by atoms with E-state index < -0.39 is 0 Å². The summed E-state index contributed by atoms with van der Waals surface area (Å²) in [4.78, 5) is 32.6. The average Bonchev–Trinajstić information content (AvgIpc) is 2.99. The molecule has 0 aromatic carbocycles. The van der Waals surface area contributed by atoms with Gasteiger partial charge in [0, 0.05) is 25.2 Å². The lowest BCUT2D eigenvalue weighted by Gasteiger charge is -2.04. The quantitative estimate of drug-likeness (QED) is 0.0692. The van der Waals surface area contributed by atoms with Crippen LogP contribution in [0.15, 0.2) is 37.5 Å². The smallest absolute Gasteiger partial charge is 0.246 e. The molecule has 0 unspecified atom stereocenters. The van der Waals surface area contributed by atoms with E-state index in [1.165, 1.54) is 121 Å². The predicted octanol–water partition coefficient (Wildman–Crippen LogP) is 9.12. The van der Waals surface area contributed by atoms with Crippen molar-refractivity contribution in [2.45, 2.75) is 156 Å². The Balaban J connectivity index is -0.000000545. The highest BCUT2D eigenvalue weighted by molar-refractivity contribution is 5.92. The van der Waals surface area contributed by atoms with E-state index in [-0.39, 0.29) is 17.7 Å². The minimum absolute atomic E-state index is 0.0152. The maximum absolute atomic E-state index is 11.1. The SMILES string of the molecule is C=C(C)C(=O)NCCCCCCCC.C=CC(=O)NCCCCCCCC.C=CC(=O)NCCCCCCCCCC. The minimum atomic E-state index is -0.0615. The second-order valence-corrected chi connectivity index (χ2v) is 11.0. The van der Waals surface area contributed by atoms with E-state index in [1.54, 1.807) is 6.92 Å². The molecule has 246 valence electrons. The molecule has 3 N–H and O–H groups in total. The third-order valence-corrected chi connectivity index (χ3v) is 6.73. The molecular formula is C36H69N3O3. The minimum Gasteiger partial charge on any atom is -0.353 e. The standard InChI is InChI=1S/C13H25NO.C12H23NO.C11H21NO/c1-3-5-6-7-8-9-10-11-12-14-13(15)4-2;1-4-5-6-7-8-9-10-13-12(14)11(2)3;1-3-5-6-7-8-9-10-12-11(13)4-2/h4H,2-3,5-12H2,1H3,(H,14,15);2,4-10H2,1,3H3,(H,13,14);4H,2-3,5-10H2,1H3,(H,12,13). The Kier molecular flexibility index (Phi) is 40.5. The van der Waals surface area contributed by atoms with E-state index >= 15 is 0 Å². The molecule has 0 spiro atoms. The molecule has 0 aliphatic heterocycles. The molecule has 0 bridgehead atoms. The Morgan fingerprint density at radius 1 is 0.476 bits per heavy atom. The summed E-state index contributed by atoms with van der Waals surface area (Å²) in [5.41, 5.74) is 0.594. The molecule has 0 rings (SSSR count). The summed E-state index contributed by atoms with van der Waals surface area (Å²) in [5, 5.41) is 8.39. The molecule has 0 aliphatic rings. The van der Waals surface area contributed by atoms with Gasteiger partial charge in [-0.15, -0.1) is 0 Å². The molecule has 0 fully saturated rings. The largest absolute Gasteiger partial charge is 0.353 e. The van der Waals surface area contributed by atoms with Crippen molar-refractivity contribution >= 4 is 17.7 Å². The first-order chi connectivity index (χ1) is 20.3. The molecule has 0 saturated carbocycles. The summed E-state index contributed by atoms with van der Waals surface area (Å²) in [5.74, 6) is -0.134. The van der Waals surface area contributed by atoms with Crippen LogP contribution in [-0.4, -0.2) is 37.4 Å². The van der Waals surface area contributed by atoms with E-state index in [2.05, 4.69) is 56.5 Å². The van der Waals surface area contributed by atoms with Gasteiger partial charge in [0.1, 0.15) is 0 Å². The normalized spacial score (nSPS) is 9.81. The van der Waals surface area contributed by atoms with Gasteiger partial charge < -0.3 is 16.0 Å². The van der Waals surface area contributed by atoms with Crippen molar-refractivity contribution < 1.29 is 14.4 Å². The van der Waals surface area contributed by atoms with E-state index in [0.29, 0.717) is 5.57 Å². The van der Waals surface area contributed by atoms with Gasteiger partial charge in [-0.2, -0.15) is 0 Å². The van der Waals surface area contributed by atoms with Crippen LogP contribution in [0.3, 0.4) is 0 Å². The third-order valence-electron chi connectivity index (χ3n) is 6.73. The monoisotopic (exact) mass is 592 g/mol.